The zero-order valence-corrected chi connectivity index (χ0v) is 23.7. The van der Waals surface area contributed by atoms with E-state index in [1.807, 2.05) is 18.2 Å². The number of nitrogens with zero attached hydrogens (tertiary/aromatic N) is 2. The van der Waals surface area contributed by atoms with Crippen molar-refractivity contribution in [1.29, 1.82) is 5.26 Å². The molecule has 7 rings (SSSR count). The van der Waals surface area contributed by atoms with E-state index in [-0.39, 0.29) is 12.1 Å². The van der Waals surface area contributed by atoms with Gasteiger partial charge in [0, 0.05) is 22.5 Å². The maximum absolute atomic E-state index is 9.50. The van der Waals surface area contributed by atoms with Crippen molar-refractivity contribution in [1.82, 2.24) is 0 Å². The van der Waals surface area contributed by atoms with Gasteiger partial charge in [0.25, 0.3) is 0 Å². The van der Waals surface area contributed by atoms with Crippen LogP contribution in [0.25, 0.3) is 11.1 Å². The summed E-state index contributed by atoms with van der Waals surface area (Å²) in [5.74, 6) is 0. The number of aryl methyl sites for hydroxylation is 3. The summed E-state index contributed by atoms with van der Waals surface area (Å²) in [6.45, 7) is 11.5. The Labute approximate surface area is 237 Å². The quantitative estimate of drug-likeness (QED) is 0.231. The van der Waals surface area contributed by atoms with Crippen LogP contribution in [0.2, 0.25) is 0 Å². The lowest BCUT2D eigenvalue weighted by atomic mass is 9.30. The van der Waals surface area contributed by atoms with Gasteiger partial charge in [-0.25, -0.2) is 0 Å². The second-order valence-corrected chi connectivity index (χ2v) is 12.0. The zero-order chi connectivity index (χ0) is 27.8. The lowest BCUT2D eigenvalue weighted by Crippen LogP contribution is -2.64. The van der Waals surface area contributed by atoms with Crippen LogP contribution >= 0.6 is 0 Å². The van der Waals surface area contributed by atoms with Crippen molar-refractivity contribution in [3.63, 3.8) is 0 Å². The molecule has 2 heterocycles. The molecule has 3 heteroatoms. The molecule has 0 aromatic heterocycles. The molecule has 0 spiro atoms. The summed E-state index contributed by atoms with van der Waals surface area (Å²) in [4.78, 5) is 2.46. The minimum Gasteiger partial charge on any atom is -0.312 e. The summed E-state index contributed by atoms with van der Waals surface area (Å²) < 4.78 is 0. The van der Waals surface area contributed by atoms with E-state index in [2.05, 4.69) is 124 Å². The van der Waals surface area contributed by atoms with Gasteiger partial charge in [-0.15, -0.1) is 0 Å². The predicted molar refractivity (Wildman–Crippen MR) is 169 cm³/mol. The van der Waals surface area contributed by atoms with Crippen molar-refractivity contribution in [2.45, 2.75) is 40.0 Å². The predicted octanol–water partition coefficient (Wildman–Crippen LogP) is 7.09. The fourth-order valence-electron chi connectivity index (χ4n) is 7.16. The number of hydrogen-bond acceptors (Lipinski definition) is 2. The Kier molecular flexibility index (Phi) is 5.35. The largest absolute Gasteiger partial charge is 0.312 e. The molecule has 2 nitrogen and oxygen atoms in total. The normalized spacial score (nSPS) is 14.2. The van der Waals surface area contributed by atoms with Crippen LogP contribution in [0.4, 0.5) is 17.1 Å². The number of benzene rings is 5. The van der Waals surface area contributed by atoms with E-state index in [1.54, 1.807) is 0 Å². The van der Waals surface area contributed by atoms with Gasteiger partial charge in [-0.05, 0) is 95.9 Å². The Bertz CT molecular complexity index is 1870. The van der Waals surface area contributed by atoms with Gasteiger partial charge < -0.3 is 4.90 Å². The molecule has 0 N–H and O–H groups in total. The SMILES string of the molecule is Cc1ccc(N2c3ccc(C)cc3B3c4ccc(-c5cccc(C#N)c5)cc4C(C)(C)c4c(C)ccc2c43)cc1. The fourth-order valence-corrected chi connectivity index (χ4v) is 7.16. The van der Waals surface area contributed by atoms with E-state index < -0.39 is 0 Å². The molecule has 0 radical (unpaired) electrons. The lowest BCUT2D eigenvalue weighted by Gasteiger charge is -2.46. The smallest absolute Gasteiger partial charge is 0.247 e. The molecule has 5 aromatic rings. The number of nitriles is 1. The monoisotopic (exact) mass is 514 g/mol. The third-order valence-corrected chi connectivity index (χ3v) is 8.98. The molecule has 0 saturated carbocycles. The van der Waals surface area contributed by atoms with E-state index in [9.17, 15) is 5.26 Å². The maximum Gasteiger partial charge on any atom is 0.247 e. The van der Waals surface area contributed by atoms with E-state index in [1.165, 1.54) is 61.3 Å². The molecule has 40 heavy (non-hydrogen) atoms. The average molecular weight is 514 g/mol. The summed E-state index contributed by atoms with van der Waals surface area (Å²) in [5, 5.41) is 9.50. The Balaban J connectivity index is 1.53. The molecule has 5 aromatic carbocycles. The van der Waals surface area contributed by atoms with Crippen LogP contribution in [0.5, 0.6) is 0 Å². The van der Waals surface area contributed by atoms with E-state index in [0.717, 1.165) is 11.1 Å². The topological polar surface area (TPSA) is 27.0 Å². The van der Waals surface area contributed by atoms with E-state index >= 15 is 0 Å². The highest BCUT2D eigenvalue weighted by Gasteiger charge is 2.46. The first kappa shape index (κ1) is 24.5. The van der Waals surface area contributed by atoms with E-state index in [4.69, 9.17) is 0 Å². The summed E-state index contributed by atoms with van der Waals surface area (Å²) in [5.41, 5.74) is 17.3. The number of fused-ring (bicyclic) bond motifs is 4. The molecule has 2 aliphatic heterocycles. The third-order valence-electron chi connectivity index (χ3n) is 8.98. The minimum absolute atomic E-state index is 0.156. The highest BCUT2D eigenvalue weighted by Crippen LogP contribution is 2.44. The molecule has 0 aliphatic carbocycles. The van der Waals surface area contributed by atoms with E-state index in [0.29, 0.717) is 5.56 Å². The summed E-state index contributed by atoms with van der Waals surface area (Å²) >= 11 is 0. The Morgan fingerprint density at radius 3 is 2.20 bits per heavy atom. The van der Waals surface area contributed by atoms with Crippen molar-refractivity contribution >= 4 is 40.2 Å². The maximum atomic E-state index is 9.50. The molecular weight excluding hydrogens is 483 g/mol. The fraction of sp³-hybridized carbons (Fsp3) is 0.162. The lowest BCUT2D eigenvalue weighted by molar-refractivity contribution is 0.641. The first-order valence-electron chi connectivity index (χ1n) is 14.0. The Morgan fingerprint density at radius 2 is 1.43 bits per heavy atom. The second kappa shape index (κ2) is 8.73. The molecule has 0 amide bonds. The first-order chi connectivity index (χ1) is 19.3. The van der Waals surface area contributed by atoms with Crippen LogP contribution in [-0.2, 0) is 5.41 Å². The highest BCUT2D eigenvalue weighted by atomic mass is 15.1. The molecular formula is C37H31BN2. The van der Waals surface area contributed by atoms with Gasteiger partial charge in [0.15, 0.2) is 0 Å². The van der Waals surface area contributed by atoms with Crippen molar-refractivity contribution in [3.8, 4) is 17.2 Å². The standard InChI is InChI=1S/C37H31BN2/c1-23-9-14-29(15-10-23)40-33-17-11-24(2)19-32(33)38-31-16-13-28(27-8-6-7-26(20-27)22-39)21-30(31)37(4,5)35-25(3)12-18-34(40)36(35)38/h6-21H,1-5H3. The summed E-state index contributed by atoms with van der Waals surface area (Å²) in [6.07, 6.45) is 0. The van der Waals surface area contributed by atoms with Crippen LogP contribution in [0, 0.1) is 32.1 Å². The van der Waals surface area contributed by atoms with Crippen LogP contribution in [0.1, 0.15) is 47.2 Å². The molecule has 192 valence electrons. The van der Waals surface area contributed by atoms with Gasteiger partial charge in [-0.3, -0.25) is 0 Å². The number of anilines is 3. The summed E-state index contributed by atoms with van der Waals surface area (Å²) in [6, 6.07) is 37.7. The van der Waals surface area contributed by atoms with Gasteiger partial charge in [0.05, 0.1) is 11.6 Å². The van der Waals surface area contributed by atoms with Crippen molar-refractivity contribution < 1.29 is 0 Å². The van der Waals surface area contributed by atoms with Gasteiger partial charge >= 0.3 is 0 Å². The minimum atomic E-state index is -0.190. The molecule has 2 aliphatic rings. The Morgan fingerprint density at radius 1 is 0.700 bits per heavy atom. The first-order valence-corrected chi connectivity index (χ1v) is 14.0. The zero-order valence-electron chi connectivity index (χ0n) is 23.7. The van der Waals surface area contributed by atoms with Crippen LogP contribution < -0.4 is 21.3 Å². The number of rotatable bonds is 2. The van der Waals surface area contributed by atoms with Crippen LogP contribution in [0.3, 0.4) is 0 Å². The van der Waals surface area contributed by atoms with Crippen LogP contribution in [-0.4, -0.2) is 6.71 Å². The second-order valence-electron chi connectivity index (χ2n) is 12.0. The van der Waals surface area contributed by atoms with Gasteiger partial charge in [0.1, 0.15) is 0 Å². The van der Waals surface area contributed by atoms with Gasteiger partial charge in [0.2, 0.25) is 6.71 Å². The highest BCUT2D eigenvalue weighted by molar-refractivity contribution is 6.99. The molecule has 0 unspecified atom stereocenters. The molecule has 0 bridgehead atoms. The Hall–Kier alpha value is -4.55. The van der Waals surface area contributed by atoms with Crippen LogP contribution in [0.15, 0.2) is 97.1 Å². The van der Waals surface area contributed by atoms with Gasteiger partial charge in [-0.2, -0.15) is 5.26 Å². The molecule has 0 fully saturated rings. The molecule has 0 saturated heterocycles. The van der Waals surface area contributed by atoms with Crippen molar-refractivity contribution in [3.05, 3.63) is 130 Å². The average Bonchev–Trinajstić information content (AvgIpc) is 2.96. The number of hydrogen-bond donors (Lipinski definition) is 0. The van der Waals surface area contributed by atoms with Crippen molar-refractivity contribution in [2.75, 3.05) is 4.90 Å². The summed E-state index contributed by atoms with van der Waals surface area (Å²) in [7, 11) is 0. The van der Waals surface area contributed by atoms with Gasteiger partial charge in [-0.1, -0.05) is 91.1 Å². The van der Waals surface area contributed by atoms with Crippen molar-refractivity contribution in [2.24, 2.45) is 0 Å². The molecule has 0 atom stereocenters. The third kappa shape index (κ3) is 3.49.